The lowest BCUT2D eigenvalue weighted by Crippen LogP contribution is -2.14. The normalized spacial score (nSPS) is 13.3. The van der Waals surface area contributed by atoms with E-state index in [1.807, 2.05) is 29.6 Å². The average Bonchev–Trinajstić information content (AvgIpc) is 3.14. The lowest BCUT2D eigenvalue weighted by Gasteiger charge is -2.07. The number of rotatable bonds is 2. The number of nitrogens with zero attached hydrogens (tertiary/aromatic N) is 2. The molecule has 1 aromatic carbocycles. The van der Waals surface area contributed by atoms with Crippen molar-refractivity contribution in [1.29, 1.82) is 0 Å². The highest BCUT2D eigenvalue weighted by Gasteiger charge is 2.15. The van der Waals surface area contributed by atoms with Gasteiger partial charge in [0, 0.05) is 24.2 Å². The first-order valence-electron chi connectivity index (χ1n) is 6.63. The van der Waals surface area contributed by atoms with Crippen LogP contribution >= 0.6 is 11.3 Å². The SMILES string of the molecule is O=C(Nc1ccc2c(c1)CNC2)c1ncnc2sccc12. The van der Waals surface area contributed by atoms with Gasteiger partial charge in [0.1, 0.15) is 16.9 Å². The molecule has 2 N–H and O–H groups in total. The molecule has 0 bridgehead atoms. The van der Waals surface area contributed by atoms with Gasteiger partial charge >= 0.3 is 0 Å². The largest absolute Gasteiger partial charge is 0.321 e. The Morgan fingerprint density at radius 3 is 3.05 bits per heavy atom. The van der Waals surface area contributed by atoms with Gasteiger partial charge in [-0.3, -0.25) is 4.79 Å². The van der Waals surface area contributed by atoms with Crippen LogP contribution in [0.2, 0.25) is 0 Å². The molecule has 0 saturated carbocycles. The van der Waals surface area contributed by atoms with Gasteiger partial charge in [-0.1, -0.05) is 6.07 Å². The summed E-state index contributed by atoms with van der Waals surface area (Å²) in [5.41, 5.74) is 3.73. The van der Waals surface area contributed by atoms with Crippen molar-refractivity contribution < 1.29 is 4.79 Å². The minimum absolute atomic E-state index is 0.202. The number of aromatic nitrogens is 2. The molecule has 1 aliphatic heterocycles. The van der Waals surface area contributed by atoms with Gasteiger partial charge in [-0.05, 0) is 34.7 Å². The molecule has 6 heteroatoms. The quantitative estimate of drug-likeness (QED) is 0.762. The van der Waals surface area contributed by atoms with Crippen LogP contribution in [0.15, 0.2) is 36.0 Å². The molecule has 0 radical (unpaired) electrons. The molecule has 2 aromatic heterocycles. The van der Waals surface area contributed by atoms with Crippen molar-refractivity contribution in [3.8, 4) is 0 Å². The van der Waals surface area contributed by atoms with Crippen molar-refractivity contribution in [3.63, 3.8) is 0 Å². The number of carbonyl (C=O) groups excluding carboxylic acids is 1. The fourth-order valence-electron chi connectivity index (χ4n) is 2.53. The number of hydrogen-bond acceptors (Lipinski definition) is 5. The highest BCUT2D eigenvalue weighted by Crippen LogP contribution is 2.23. The predicted molar refractivity (Wildman–Crippen MR) is 82.4 cm³/mol. The number of thiophene rings is 1. The molecule has 0 aliphatic carbocycles. The first-order chi connectivity index (χ1) is 10.3. The van der Waals surface area contributed by atoms with Crippen molar-refractivity contribution in [2.24, 2.45) is 0 Å². The van der Waals surface area contributed by atoms with Gasteiger partial charge in [-0.2, -0.15) is 0 Å². The fraction of sp³-hybridized carbons (Fsp3) is 0.133. The maximum Gasteiger partial charge on any atom is 0.275 e. The molecule has 104 valence electrons. The highest BCUT2D eigenvalue weighted by atomic mass is 32.1. The Bertz CT molecular complexity index is 843. The monoisotopic (exact) mass is 296 g/mol. The van der Waals surface area contributed by atoms with E-state index in [0.717, 1.165) is 29.0 Å². The number of nitrogens with one attached hydrogen (secondary N) is 2. The zero-order chi connectivity index (χ0) is 14.2. The molecule has 0 atom stereocenters. The molecule has 0 spiro atoms. The number of benzene rings is 1. The van der Waals surface area contributed by atoms with Crippen molar-refractivity contribution in [1.82, 2.24) is 15.3 Å². The second kappa shape index (κ2) is 4.91. The first kappa shape index (κ1) is 12.4. The van der Waals surface area contributed by atoms with Crippen LogP contribution in [0.4, 0.5) is 5.69 Å². The highest BCUT2D eigenvalue weighted by molar-refractivity contribution is 7.16. The van der Waals surface area contributed by atoms with Gasteiger partial charge in [0.2, 0.25) is 0 Å². The van der Waals surface area contributed by atoms with Crippen molar-refractivity contribution >= 4 is 33.1 Å². The standard InChI is InChI=1S/C15H12N4OS/c20-14(13-12-3-4-21-15(12)18-8-17-13)19-11-2-1-9-6-16-7-10(9)5-11/h1-5,8,16H,6-7H2,(H,19,20). The van der Waals surface area contributed by atoms with Gasteiger partial charge in [-0.15, -0.1) is 11.3 Å². The van der Waals surface area contributed by atoms with Gasteiger partial charge in [0.15, 0.2) is 0 Å². The average molecular weight is 296 g/mol. The number of fused-ring (bicyclic) bond motifs is 2. The zero-order valence-corrected chi connectivity index (χ0v) is 11.9. The molecule has 4 rings (SSSR count). The van der Waals surface area contributed by atoms with Crippen LogP contribution in [0, 0.1) is 0 Å². The Labute approximate surface area is 125 Å². The molecule has 1 amide bonds. The van der Waals surface area contributed by atoms with Crippen LogP contribution in [-0.4, -0.2) is 15.9 Å². The van der Waals surface area contributed by atoms with Crippen LogP contribution in [0.1, 0.15) is 21.6 Å². The van der Waals surface area contributed by atoms with E-state index in [4.69, 9.17) is 0 Å². The van der Waals surface area contributed by atoms with E-state index in [9.17, 15) is 4.79 Å². The zero-order valence-electron chi connectivity index (χ0n) is 11.1. The number of amides is 1. The molecular weight excluding hydrogens is 284 g/mol. The summed E-state index contributed by atoms with van der Waals surface area (Å²) in [4.78, 5) is 21.5. The summed E-state index contributed by atoms with van der Waals surface area (Å²) < 4.78 is 0. The summed E-state index contributed by atoms with van der Waals surface area (Å²) >= 11 is 1.50. The number of hydrogen-bond donors (Lipinski definition) is 2. The summed E-state index contributed by atoms with van der Waals surface area (Å²) in [7, 11) is 0. The second-order valence-electron chi connectivity index (χ2n) is 4.90. The van der Waals surface area contributed by atoms with Gasteiger partial charge < -0.3 is 10.6 Å². The maximum absolute atomic E-state index is 12.4. The molecule has 21 heavy (non-hydrogen) atoms. The van der Waals surface area contributed by atoms with Crippen LogP contribution in [0.3, 0.4) is 0 Å². The summed E-state index contributed by atoms with van der Waals surface area (Å²) in [6.07, 6.45) is 1.43. The van der Waals surface area contributed by atoms with E-state index in [1.54, 1.807) is 0 Å². The number of anilines is 1. The summed E-state index contributed by atoms with van der Waals surface area (Å²) in [6.45, 7) is 1.74. The first-order valence-corrected chi connectivity index (χ1v) is 7.51. The Hall–Kier alpha value is -2.31. The van der Waals surface area contributed by atoms with E-state index < -0.39 is 0 Å². The second-order valence-corrected chi connectivity index (χ2v) is 5.80. The molecule has 0 saturated heterocycles. The molecule has 3 heterocycles. The Balaban J connectivity index is 1.65. The summed E-state index contributed by atoms with van der Waals surface area (Å²) in [5.74, 6) is -0.202. The minimum Gasteiger partial charge on any atom is -0.321 e. The van der Waals surface area contributed by atoms with Crippen LogP contribution < -0.4 is 10.6 Å². The molecule has 1 aliphatic rings. The van der Waals surface area contributed by atoms with Crippen molar-refractivity contribution in [2.75, 3.05) is 5.32 Å². The Morgan fingerprint density at radius 1 is 1.19 bits per heavy atom. The third-order valence-electron chi connectivity index (χ3n) is 3.57. The lowest BCUT2D eigenvalue weighted by atomic mass is 10.1. The fourth-order valence-corrected chi connectivity index (χ4v) is 3.27. The van der Waals surface area contributed by atoms with Gasteiger partial charge in [0.25, 0.3) is 5.91 Å². The number of carbonyl (C=O) groups is 1. The van der Waals surface area contributed by atoms with Gasteiger partial charge in [-0.25, -0.2) is 9.97 Å². The van der Waals surface area contributed by atoms with Crippen LogP contribution in [-0.2, 0) is 13.1 Å². The van der Waals surface area contributed by atoms with E-state index >= 15 is 0 Å². The smallest absolute Gasteiger partial charge is 0.275 e. The minimum atomic E-state index is -0.202. The third kappa shape index (κ3) is 2.18. The molecule has 0 unspecified atom stereocenters. The summed E-state index contributed by atoms with van der Waals surface area (Å²) in [6, 6.07) is 7.86. The molecule has 3 aromatic rings. The molecular formula is C15H12N4OS. The van der Waals surface area contributed by atoms with Crippen LogP contribution in [0.5, 0.6) is 0 Å². The van der Waals surface area contributed by atoms with E-state index in [1.165, 1.54) is 28.8 Å². The molecule has 5 nitrogen and oxygen atoms in total. The van der Waals surface area contributed by atoms with E-state index in [-0.39, 0.29) is 5.91 Å². The summed E-state index contributed by atoms with van der Waals surface area (Å²) in [5, 5.41) is 8.91. The Morgan fingerprint density at radius 2 is 2.10 bits per heavy atom. The topological polar surface area (TPSA) is 66.9 Å². The molecule has 0 fully saturated rings. The predicted octanol–water partition coefficient (Wildman–Crippen LogP) is 2.55. The van der Waals surface area contributed by atoms with E-state index in [2.05, 4.69) is 20.6 Å². The van der Waals surface area contributed by atoms with Crippen molar-refractivity contribution in [3.05, 3.63) is 52.8 Å². The lowest BCUT2D eigenvalue weighted by molar-refractivity contribution is 0.102. The van der Waals surface area contributed by atoms with Gasteiger partial charge in [0.05, 0.1) is 0 Å². The third-order valence-corrected chi connectivity index (χ3v) is 4.39. The Kier molecular flexibility index (Phi) is 2.90. The van der Waals surface area contributed by atoms with Crippen LogP contribution in [0.25, 0.3) is 10.2 Å². The van der Waals surface area contributed by atoms with E-state index in [0.29, 0.717) is 5.69 Å². The van der Waals surface area contributed by atoms with Crippen molar-refractivity contribution in [2.45, 2.75) is 13.1 Å². The maximum atomic E-state index is 12.4.